The van der Waals surface area contributed by atoms with E-state index in [0.29, 0.717) is 18.2 Å². The summed E-state index contributed by atoms with van der Waals surface area (Å²) in [7, 11) is 0. The van der Waals surface area contributed by atoms with Crippen LogP contribution in [0.2, 0.25) is 0 Å². The minimum absolute atomic E-state index is 0. The number of rotatable bonds is 5. The largest absolute Gasteiger partial charge is 0.350 e. The number of amides is 1. The molecule has 1 aliphatic heterocycles. The van der Waals surface area contributed by atoms with Crippen molar-refractivity contribution >= 4 is 24.0 Å². The Labute approximate surface area is 137 Å². The number of hydrogen-bond donors (Lipinski definition) is 2. The number of nitrogens with zero attached hydrogens (tertiary/aromatic N) is 4. The van der Waals surface area contributed by atoms with E-state index in [1.54, 1.807) is 12.1 Å². The number of carbonyl (C=O) groups is 1. The lowest BCUT2D eigenvalue weighted by Gasteiger charge is -2.26. The predicted molar refractivity (Wildman–Crippen MR) is 84.0 cm³/mol. The molecule has 3 rings (SSSR count). The molecule has 0 bridgehead atoms. The molecule has 10 heteroatoms. The van der Waals surface area contributed by atoms with Gasteiger partial charge >= 0.3 is 0 Å². The average molecular weight is 339 g/mol. The first kappa shape index (κ1) is 16.8. The molecule has 1 aromatic heterocycles. The van der Waals surface area contributed by atoms with Crippen molar-refractivity contribution in [2.24, 2.45) is 5.92 Å². The molecule has 1 amide bonds. The number of non-ortho nitro benzene ring substituents is 1. The van der Waals surface area contributed by atoms with Crippen LogP contribution in [0.25, 0.3) is 5.69 Å². The van der Waals surface area contributed by atoms with E-state index in [0.717, 1.165) is 13.1 Å². The molecule has 23 heavy (non-hydrogen) atoms. The highest BCUT2D eigenvalue weighted by Crippen LogP contribution is 2.16. The molecule has 0 spiro atoms. The summed E-state index contributed by atoms with van der Waals surface area (Å²) in [6.07, 6.45) is 1.45. The van der Waals surface area contributed by atoms with Crippen LogP contribution in [0.5, 0.6) is 0 Å². The van der Waals surface area contributed by atoms with Crippen LogP contribution in [0.1, 0.15) is 10.5 Å². The summed E-state index contributed by atoms with van der Waals surface area (Å²) in [6, 6.07) is 5.97. The summed E-state index contributed by atoms with van der Waals surface area (Å²) in [5.41, 5.74) is 0.610. The Hall–Kier alpha value is -2.52. The molecular formula is C13H15ClN6O3. The molecular weight excluding hydrogens is 324 g/mol. The Morgan fingerprint density at radius 3 is 2.91 bits per heavy atom. The van der Waals surface area contributed by atoms with E-state index < -0.39 is 4.92 Å². The van der Waals surface area contributed by atoms with Crippen molar-refractivity contribution in [1.82, 2.24) is 25.6 Å². The molecule has 2 heterocycles. The fourth-order valence-corrected chi connectivity index (χ4v) is 2.06. The summed E-state index contributed by atoms with van der Waals surface area (Å²) in [5, 5.41) is 24.3. The van der Waals surface area contributed by atoms with Crippen molar-refractivity contribution in [3.8, 4) is 5.69 Å². The van der Waals surface area contributed by atoms with Crippen LogP contribution in [0.4, 0.5) is 5.69 Å². The zero-order valence-electron chi connectivity index (χ0n) is 12.0. The summed E-state index contributed by atoms with van der Waals surface area (Å²) in [6.45, 7) is 2.40. The molecule has 2 N–H and O–H groups in total. The van der Waals surface area contributed by atoms with Crippen molar-refractivity contribution in [3.63, 3.8) is 0 Å². The zero-order valence-corrected chi connectivity index (χ0v) is 12.8. The monoisotopic (exact) mass is 338 g/mol. The van der Waals surface area contributed by atoms with Crippen molar-refractivity contribution in [3.05, 3.63) is 46.3 Å². The van der Waals surface area contributed by atoms with Crippen LogP contribution in [-0.2, 0) is 0 Å². The van der Waals surface area contributed by atoms with Gasteiger partial charge in [0.15, 0.2) is 5.69 Å². The molecule has 2 aromatic rings. The summed E-state index contributed by atoms with van der Waals surface area (Å²) in [4.78, 5) is 22.2. The molecule has 122 valence electrons. The van der Waals surface area contributed by atoms with Crippen LogP contribution in [0.15, 0.2) is 30.5 Å². The standard InChI is InChI=1S/C13H14N6O3.ClH/c20-13(15-7-9-5-14-6-9)12-8-18(17-16-12)10-2-1-3-11(4-10)19(21)22;/h1-4,8-9,14H,5-7H2,(H,15,20);1H. The topological polar surface area (TPSA) is 115 Å². The van der Waals surface area contributed by atoms with Crippen LogP contribution in [0, 0.1) is 16.0 Å². The third-order valence-corrected chi connectivity index (χ3v) is 3.45. The van der Waals surface area contributed by atoms with E-state index >= 15 is 0 Å². The van der Waals surface area contributed by atoms with Gasteiger partial charge in [-0.05, 0) is 6.07 Å². The minimum atomic E-state index is -0.485. The van der Waals surface area contributed by atoms with Gasteiger partial charge in [0.1, 0.15) is 0 Å². The third-order valence-electron chi connectivity index (χ3n) is 3.45. The molecule has 0 saturated carbocycles. The van der Waals surface area contributed by atoms with E-state index in [9.17, 15) is 14.9 Å². The summed E-state index contributed by atoms with van der Waals surface area (Å²) < 4.78 is 1.34. The normalized spacial score (nSPS) is 13.7. The lowest BCUT2D eigenvalue weighted by Crippen LogP contribution is -2.48. The van der Waals surface area contributed by atoms with Crippen LogP contribution in [0.3, 0.4) is 0 Å². The molecule has 0 aliphatic carbocycles. The molecule has 1 saturated heterocycles. The molecule has 1 aliphatic rings. The van der Waals surface area contributed by atoms with E-state index in [-0.39, 0.29) is 29.7 Å². The van der Waals surface area contributed by atoms with Crippen molar-refractivity contribution in [2.45, 2.75) is 0 Å². The van der Waals surface area contributed by atoms with Gasteiger partial charge in [-0.15, -0.1) is 17.5 Å². The quantitative estimate of drug-likeness (QED) is 0.607. The Morgan fingerprint density at radius 2 is 2.26 bits per heavy atom. The van der Waals surface area contributed by atoms with Gasteiger partial charge in [0.2, 0.25) is 0 Å². The van der Waals surface area contributed by atoms with Gasteiger partial charge in [0, 0.05) is 37.7 Å². The molecule has 1 aromatic carbocycles. The van der Waals surface area contributed by atoms with Gasteiger partial charge in [0.25, 0.3) is 11.6 Å². The first-order chi connectivity index (χ1) is 10.6. The number of aromatic nitrogens is 3. The maximum atomic E-state index is 12.0. The lowest BCUT2D eigenvalue weighted by molar-refractivity contribution is -0.384. The van der Waals surface area contributed by atoms with Crippen molar-refractivity contribution in [2.75, 3.05) is 19.6 Å². The van der Waals surface area contributed by atoms with E-state index in [4.69, 9.17) is 0 Å². The van der Waals surface area contributed by atoms with Gasteiger partial charge in [0.05, 0.1) is 16.8 Å². The third kappa shape index (κ3) is 3.82. The number of nitro benzene ring substituents is 1. The number of hydrogen-bond acceptors (Lipinski definition) is 6. The van der Waals surface area contributed by atoms with Crippen LogP contribution < -0.4 is 10.6 Å². The lowest BCUT2D eigenvalue weighted by atomic mass is 10.0. The number of benzene rings is 1. The molecule has 1 fully saturated rings. The minimum Gasteiger partial charge on any atom is -0.350 e. The Balaban J connectivity index is 0.00000192. The first-order valence-corrected chi connectivity index (χ1v) is 6.79. The number of nitrogens with one attached hydrogen (secondary N) is 2. The first-order valence-electron chi connectivity index (χ1n) is 6.79. The summed E-state index contributed by atoms with van der Waals surface area (Å²) in [5.74, 6) is 0.152. The second-order valence-electron chi connectivity index (χ2n) is 5.06. The van der Waals surface area contributed by atoms with Gasteiger partial charge in [-0.3, -0.25) is 14.9 Å². The van der Waals surface area contributed by atoms with E-state index in [1.807, 2.05) is 0 Å². The van der Waals surface area contributed by atoms with E-state index in [2.05, 4.69) is 20.9 Å². The van der Waals surface area contributed by atoms with E-state index in [1.165, 1.54) is 23.0 Å². The SMILES string of the molecule is Cl.O=C(NCC1CNC1)c1cn(-c2cccc([N+](=O)[O-])c2)nn1. The Bertz CT molecular complexity index is 715. The van der Waals surface area contributed by atoms with Crippen LogP contribution in [-0.4, -0.2) is 45.5 Å². The van der Waals surface area contributed by atoms with Crippen molar-refractivity contribution in [1.29, 1.82) is 0 Å². The maximum absolute atomic E-state index is 12.0. The Morgan fingerprint density at radius 1 is 1.48 bits per heavy atom. The second-order valence-corrected chi connectivity index (χ2v) is 5.06. The molecule has 0 atom stereocenters. The zero-order chi connectivity index (χ0) is 15.5. The Kier molecular flexibility index (Phi) is 5.24. The maximum Gasteiger partial charge on any atom is 0.273 e. The fourth-order valence-electron chi connectivity index (χ4n) is 2.06. The van der Waals surface area contributed by atoms with Gasteiger partial charge < -0.3 is 10.6 Å². The number of halogens is 1. The summed E-state index contributed by atoms with van der Waals surface area (Å²) >= 11 is 0. The predicted octanol–water partition coefficient (Wildman–Crippen LogP) is 0.546. The van der Waals surface area contributed by atoms with Crippen molar-refractivity contribution < 1.29 is 9.72 Å². The smallest absolute Gasteiger partial charge is 0.273 e. The van der Waals surface area contributed by atoms with Gasteiger partial charge in [-0.1, -0.05) is 11.3 Å². The van der Waals surface area contributed by atoms with Gasteiger partial charge in [-0.2, -0.15) is 0 Å². The van der Waals surface area contributed by atoms with Gasteiger partial charge in [-0.25, -0.2) is 4.68 Å². The highest BCUT2D eigenvalue weighted by Gasteiger charge is 2.19. The average Bonchev–Trinajstić information content (AvgIpc) is 2.95. The highest BCUT2D eigenvalue weighted by atomic mass is 35.5. The number of carbonyl (C=O) groups excluding carboxylic acids is 1. The molecule has 0 radical (unpaired) electrons. The fraction of sp³-hybridized carbons (Fsp3) is 0.308. The van der Waals surface area contributed by atoms with Crippen LogP contribution >= 0.6 is 12.4 Å². The molecule has 9 nitrogen and oxygen atoms in total. The highest BCUT2D eigenvalue weighted by molar-refractivity contribution is 5.91. The number of nitro groups is 1. The molecule has 0 unspecified atom stereocenters. The second kappa shape index (κ2) is 7.16.